The Morgan fingerprint density at radius 3 is 2.74 bits per heavy atom. The van der Waals surface area contributed by atoms with E-state index in [-0.39, 0.29) is 18.5 Å². The van der Waals surface area contributed by atoms with Crippen LogP contribution in [0.15, 0.2) is 28.9 Å². The third-order valence-electron chi connectivity index (χ3n) is 6.07. The quantitative estimate of drug-likeness (QED) is 0.728. The number of aromatic amines is 1. The predicted octanol–water partition coefficient (Wildman–Crippen LogP) is 3.47. The van der Waals surface area contributed by atoms with E-state index < -0.39 is 12.0 Å². The first-order valence-corrected chi connectivity index (χ1v) is 10.1. The van der Waals surface area contributed by atoms with E-state index in [1.807, 2.05) is 29.2 Å². The number of nitrogens with one attached hydrogen (secondary N) is 1. The Morgan fingerprint density at radius 2 is 2.00 bits per heavy atom. The van der Waals surface area contributed by atoms with Crippen molar-refractivity contribution in [3.05, 3.63) is 40.0 Å². The maximum Gasteiger partial charge on any atom is 0.407 e. The van der Waals surface area contributed by atoms with Crippen LogP contribution in [-0.2, 0) is 11.2 Å². The number of likely N-dealkylation sites (tertiary alicyclic amines) is 1. The summed E-state index contributed by atoms with van der Waals surface area (Å²) in [6.07, 6.45) is 3.73. The molecule has 2 N–H and O–H groups in total. The first-order chi connectivity index (χ1) is 13.0. The summed E-state index contributed by atoms with van der Waals surface area (Å²) < 4.78 is 0.907. The van der Waals surface area contributed by atoms with E-state index in [2.05, 4.69) is 20.9 Å². The van der Waals surface area contributed by atoms with Crippen LogP contribution in [0.2, 0.25) is 0 Å². The normalized spacial score (nSPS) is 24.1. The second-order valence-corrected chi connectivity index (χ2v) is 8.35. The average Bonchev–Trinajstić information content (AvgIpc) is 3.30. The summed E-state index contributed by atoms with van der Waals surface area (Å²) in [7, 11) is 0. The number of hydrogen-bond acceptors (Lipinski definition) is 2. The van der Waals surface area contributed by atoms with E-state index in [9.17, 15) is 14.7 Å². The maximum absolute atomic E-state index is 13.0. The van der Waals surface area contributed by atoms with Crippen LogP contribution in [0.1, 0.15) is 24.0 Å². The van der Waals surface area contributed by atoms with Crippen molar-refractivity contribution in [3.8, 4) is 0 Å². The Bertz CT molecular complexity index is 990. The number of hydrogen-bond donors (Lipinski definition) is 2. The molecule has 1 saturated heterocycles. The first kappa shape index (κ1) is 16.9. The highest BCUT2D eigenvalue weighted by atomic mass is 79.9. The highest BCUT2D eigenvalue weighted by molar-refractivity contribution is 9.10. The minimum absolute atomic E-state index is 0.0536. The number of fused-ring (bicyclic) bond motifs is 2. The lowest BCUT2D eigenvalue weighted by Gasteiger charge is -2.40. The molecule has 2 amide bonds. The number of halogens is 1. The number of nitrogens with zero attached hydrogens (tertiary/aromatic N) is 2. The highest BCUT2D eigenvalue weighted by Gasteiger charge is 2.41. The molecule has 2 aromatic rings. The minimum atomic E-state index is -0.966. The van der Waals surface area contributed by atoms with Crippen molar-refractivity contribution < 1.29 is 14.7 Å². The lowest BCUT2D eigenvalue weighted by Crippen LogP contribution is -2.51. The van der Waals surface area contributed by atoms with Gasteiger partial charge >= 0.3 is 6.09 Å². The number of benzene rings is 1. The Balaban J connectivity index is 1.64. The standard InChI is InChI=1S/C20H20BrN3O3/c21-18-14-9-16-13(12-4-3-5-15(22-18)17(12)14)8-11(10-24(16)20(26)27)19(25)23-6-1-2-7-23/h3-5,8,11,16,22H,1-2,6-7,9-10H2,(H,26,27)/t11-,16-/m1/s1. The fourth-order valence-electron chi connectivity index (χ4n) is 4.82. The summed E-state index contributed by atoms with van der Waals surface area (Å²) >= 11 is 3.59. The van der Waals surface area contributed by atoms with Crippen LogP contribution in [0.5, 0.6) is 0 Å². The molecule has 0 unspecified atom stereocenters. The topological polar surface area (TPSA) is 76.6 Å². The summed E-state index contributed by atoms with van der Waals surface area (Å²) in [5.41, 5.74) is 4.14. The van der Waals surface area contributed by atoms with Crippen molar-refractivity contribution in [1.29, 1.82) is 0 Å². The van der Waals surface area contributed by atoms with Gasteiger partial charge in [0.25, 0.3) is 0 Å². The van der Waals surface area contributed by atoms with E-state index in [0.29, 0.717) is 6.42 Å². The number of H-pyrrole nitrogens is 1. The molecule has 5 rings (SSSR count). The molecule has 3 heterocycles. The Morgan fingerprint density at radius 1 is 1.22 bits per heavy atom. The molecule has 2 atom stereocenters. The second kappa shape index (κ2) is 6.12. The zero-order chi connectivity index (χ0) is 18.7. The van der Waals surface area contributed by atoms with E-state index in [1.165, 1.54) is 4.90 Å². The molecule has 0 spiro atoms. The molecule has 2 aliphatic heterocycles. The van der Waals surface area contributed by atoms with Crippen LogP contribution in [0.3, 0.4) is 0 Å². The number of carboxylic acid groups (broad SMARTS) is 1. The molecule has 0 radical (unpaired) electrons. The molecule has 140 valence electrons. The van der Waals surface area contributed by atoms with Gasteiger partial charge in [-0.15, -0.1) is 0 Å². The van der Waals surface area contributed by atoms with Gasteiger partial charge in [0.1, 0.15) is 0 Å². The van der Waals surface area contributed by atoms with Crippen LogP contribution in [0.25, 0.3) is 16.5 Å². The summed E-state index contributed by atoms with van der Waals surface area (Å²) in [5, 5.41) is 11.0. The highest BCUT2D eigenvalue weighted by Crippen LogP contribution is 2.44. The zero-order valence-corrected chi connectivity index (χ0v) is 16.3. The Hall–Kier alpha value is -2.28. The molecule has 0 saturated carbocycles. The molecule has 3 aliphatic rings. The molecule has 1 aromatic carbocycles. The van der Waals surface area contributed by atoms with E-state index in [4.69, 9.17) is 0 Å². The lowest BCUT2D eigenvalue weighted by atomic mass is 9.79. The van der Waals surface area contributed by atoms with Gasteiger partial charge in [-0.25, -0.2) is 4.79 Å². The second-order valence-electron chi connectivity index (χ2n) is 7.56. The fourth-order valence-corrected chi connectivity index (χ4v) is 5.39. The van der Waals surface area contributed by atoms with Crippen molar-refractivity contribution >= 4 is 44.4 Å². The van der Waals surface area contributed by atoms with Crippen LogP contribution < -0.4 is 0 Å². The Kier molecular flexibility index (Phi) is 3.82. The molecule has 1 aliphatic carbocycles. The van der Waals surface area contributed by atoms with Gasteiger partial charge in [-0.1, -0.05) is 18.2 Å². The van der Waals surface area contributed by atoms with Crippen molar-refractivity contribution in [1.82, 2.24) is 14.8 Å². The molecule has 1 aromatic heterocycles. The SMILES string of the molecule is O=C([C@@H]1C=C2c3cccc4[nH]c(Br)c(c34)C[C@H]2N(C(=O)O)C1)N1CCCC1. The third-order valence-corrected chi connectivity index (χ3v) is 6.75. The van der Waals surface area contributed by atoms with Crippen molar-refractivity contribution in [3.63, 3.8) is 0 Å². The Labute approximate surface area is 164 Å². The van der Waals surface area contributed by atoms with Gasteiger partial charge in [0.2, 0.25) is 5.91 Å². The lowest BCUT2D eigenvalue weighted by molar-refractivity contribution is -0.133. The van der Waals surface area contributed by atoms with E-state index in [1.54, 1.807) is 0 Å². The summed E-state index contributed by atoms with van der Waals surface area (Å²) in [5.74, 6) is -0.359. The fraction of sp³-hybridized carbons (Fsp3) is 0.400. The minimum Gasteiger partial charge on any atom is -0.465 e. The van der Waals surface area contributed by atoms with Crippen molar-refractivity contribution in [2.45, 2.75) is 25.3 Å². The average molecular weight is 430 g/mol. The molecule has 6 nitrogen and oxygen atoms in total. The zero-order valence-electron chi connectivity index (χ0n) is 14.7. The summed E-state index contributed by atoms with van der Waals surface area (Å²) in [4.78, 5) is 31.7. The van der Waals surface area contributed by atoms with Crippen LogP contribution in [-0.4, -0.2) is 57.6 Å². The van der Waals surface area contributed by atoms with Gasteiger partial charge < -0.3 is 15.0 Å². The monoisotopic (exact) mass is 429 g/mol. The van der Waals surface area contributed by atoms with Crippen LogP contribution >= 0.6 is 15.9 Å². The van der Waals surface area contributed by atoms with E-state index >= 15 is 0 Å². The number of rotatable bonds is 1. The van der Waals surface area contributed by atoms with Gasteiger partial charge in [0.15, 0.2) is 0 Å². The number of carbonyl (C=O) groups is 2. The molecule has 1 fully saturated rings. The number of carbonyl (C=O) groups excluding carboxylic acids is 1. The van der Waals surface area contributed by atoms with Crippen molar-refractivity contribution in [2.75, 3.05) is 19.6 Å². The van der Waals surface area contributed by atoms with Crippen LogP contribution in [0, 0.1) is 5.92 Å². The van der Waals surface area contributed by atoms with Gasteiger partial charge in [-0.2, -0.15) is 0 Å². The van der Waals surface area contributed by atoms with Crippen LogP contribution in [0.4, 0.5) is 4.79 Å². The summed E-state index contributed by atoms with van der Waals surface area (Å²) in [6.45, 7) is 1.78. The molecular formula is C20H20BrN3O3. The predicted molar refractivity (Wildman–Crippen MR) is 106 cm³/mol. The summed E-state index contributed by atoms with van der Waals surface area (Å²) in [6, 6.07) is 5.78. The van der Waals surface area contributed by atoms with E-state index in [0.717, 1.165) is 58.1 Å². The van der Waals surface area contributed by atoms with Gasteiger partial charge in [0, 0.05) is 37.0 Å². The third kappa shape index (κ3) is 2.51. The smallest absolute Gasteiger partial charge is 0.407 e. The van der Waals surface area contributed by atoms with Gasteiger partial charge in [0.05, 0.1) is 16.6 Å². The van der Waals surface area contributed by atoms with Gasteiger partial charge in [-0.3, -0.25) is 9.69 Å². The maximum atomic E-state index is 13.0. The number of amides is 2. The first-order valence-electron chi connectivity index (χ1n) is 9.34. The molecule has 27 heavy (non-hydrogen) atoms. The largest absolute Gasteiger partial charge is 0.465 e. The molecule has 0 bridgehead atoms. The number of aromatic nitrogens is 1. The van der Waals surface area contributed by atoms with Crippen molar-refractivity contribution in [2.24, 2.45) is 5.92 Å². The van der Waals surface area contributed by atoms with Gasteiger partial charge in [-0.05, 0) is 51.5 Å². The molecular weight excluding hydrogens is 410 g/mol. The molecule has 7 heteroatoms.